The van der Waals surface area contributed by atoms with E-state index in [1.807, 2.05) is 54.8 Å². The molecule has 7 nitrogen and oxygen atoms in total. The first-order chi connectivity index (χ1) is 18.1. The molecule has 1 aromatic heterocycles. The molecule has 1 N–H and O–H groups in total. The van der Waals surface area contributed by atoms with Gasteiger partial charge in [-0.3, -0.25) is 14.2 Å². The summed E-state index contributed by atoms with van der Waals surface area (Å²) in [5, 5.41) is 13.9. The van der Waals surface area contributed by atoms with Crippen LogP contribution in [0.2, 0.25) is 15.1 Å². The van der Waals surface area contributed by atoms with Crippen molar-refractivity contribution in [3.8, 4) is 17.1 Å². The van der Waals surface area contributed by atoms with Gasteiger partial charge in [-0.2, -0.15) is 0 Å². The van der Waals surface area contributed by atoms with Crippen LogP contribution in [-0.4, -0.2) is 51.8 Å². The summed E-state index contributed by atoms with van der Waals surface area (Å²) in [6, 6.07) is 18.6. The number of rotatable bonds is 7. The van der Waals surface area contributed by atoms with Crippen molar-refractivity contribution >= 4 is 64.6 Å². The van der Waals surface area contributed by atoms with Gasteiger partial charge < -0.3 is 10.2 Å². The summed E-state index contributed by atoms with van der Waals surface area (Å²) in [5.74, 6) is 0.550. The van der Waals surface area contributed by atoms with Crippen LogP contribution in [0, 0.1) is 13.8 Å². The maximum absolute atomic E-state index is 12.6. The molecule has 0 atom stereocenters. The number of halogens is 3. The first kappa shape index (κ1) is 29.5. The molecule has 0 fully saturated rings. The highest BCUT2D eigenvalue weighted by molar-refractivity contribution is 7.99. The molecule has 1 heterocycles. The Kier molecular flexibility index (Phi) is 10.6. The van der Waals surface area contributed by atoms with Gasteiger partial charge in [0.15, 0.2) is 11.0 Å². The van der Waals surface area contributed by atoms with Crippen LogP contribution in [0.15, 0.2) is 65.8 Å². The topological polar surface area (TPSA) is 80.1 Å². The molecule has 0 spiro atoms. The van der Waals surface area contributed by atoms with Gasteiger partial charge in [0, 0.05) is 29.7 Å². The second-order valence-corrected chi connectivity index (χ2v) is 10.7. The fourth-order valence-corrected chi connectivity index (χ4v) is 4.48. The number of carbonyl (C=O) groups excluding carboxylic acids is 2. The van der Waals surface area contributed by atoms with Gasteiger partial charge >= 0.3 is 0 Å². The van der Waals surface area contributed by atoms with Gasteiger partial charge in [0.1, 0.15) is 0 Å². The summed E-state index contributed by atoms with van der Waals surface area (Å²) < 4.78 is 1.88. The van der Waals surface area contributed by atoms with Crippen molar-refractivity contribution in [2.24, 2.45) is 0 Å². The van der Waals surface area contributed by atoms with Crippen LogP contribution in [0.25, 0.3) is 17.1 Å². The zero-order valence-electron chi connectivity index (χ0n) is 21.2. The Hall–Kier alpha value is -3.04. The maximum atomic E-state index is 12.6. The lowest BCUT2D eigenvalue weighted by Gasteiger charge is -2.12. The van der Waals surface area contributed by atoms with E-state index in [-0.39, 0.29) is 11.7 Å². The van der Waals surface area contributed by atoms with Gasteiger partial charge in [0.2, 0.25) is 12.3 Å². The minimum atomic E-state index is -0.199. The summed E-state index contributed by atoms with van der Waals surface area (Å²) in [7, 11) is 3.38. The zero-order valence-corrected chi connectivity index (χ0v) is 24.3. The Bertz CT molecular complexity index is 1420. The van der Waals surface area contributed by atoms with E-state index in [0.717, 1.165) is 28.8 Å². The van der Waals surface area contributed by atoms with Gasteiger partial charge in [0.05, 0.1) is 22.2 Å². The molecule has 198 valence electrons. The molecule has 0 unspecified atom stereocenters. The quantitative estimate of drug-likeness (QED) is 0.186. The number of hydrogen-bond acceptors (Lipinski definition) is 5. The van der Waals surface area contributed by atoms with E-state index in [1.165, 1.54) is 16.7 Å². The second-order valence-electron chi connectivity index (χ2n) is 8.47. The minimum Gasteiger partial charge on any atom is -0.351 e. The van der Waals surface area contributed by atoms with Crippen molar-refractivity contribution in [3.05, 3.63) is 86.9 Å². The summed E-state index contributed by atoms with van der Waals surface area (Å²) in [6.07, 6.45) is 0.750. The van der Waals surface area contributed by atoms with Crippen molar-refractivity contribution in [2.75, 3.05) is 25.2 Å². The molecule has 0 aliphatic rings. The number of thioether (sulfide) groups is 1. The average Bonchev–Trinajstić information content (AvgIpc) is 3.31. The van der Waals surface area contributed by atoms with Crippen LogP contribution >= 0.6 is 46.6 Å². The van der Waals surface area contributed by atoms with Gasteiger partial charge in [-0.25, -0.2) is 0 Å². The van der Waals surface area contributed by atoms with E-state index in [0.29, 0.717) is 31.7 Å². The lowest BCUT2D eigenvalue weighted by Crippen LogP contribution is -2.15. The van der Waals surface area contributed by atoms with E-state index in [1.54, 1.807) is 38.4 Å². The molecule has 4 aromatic rings. The Balaban J connectivity index is 0.000000732. The Morgan fingerprint density at radius 1 is 0.974 bits per heavy atom. The highest BCUT2D eigenvalue weighted by atomic mass is 35.5. The average molecular weight is 591 g/mol. The van der Waals surface area contributed by atoms with E-state index in [4.69, 9.17) is 34.8 Å². The van der Waals surface area contributed by atoms with Gasteiger partial charge in [-0.05, 0) is 73.5 Å². The number of hydrogen-bond donors (Lipinski definition) is 1. The zero-order chi connectivity index (χ0) is 27.8. The fraction of sp³-hybridized carbons (Fsp3) is 0.185. The number of benzene rings is 3. The molecule has 0 saturated heterocycles. The third-order valence-corrected chi connectivity index (χ3v) is 6.99. The molecule has 0 aliphatic heterocycles. The number of nitrogens with one attached hydrogen (secondary N) is 1. The lowest BCUT2D eigenvalue weighted by molar-refractivity contribution is -0.116. The van der Waals surface area contributed by atoms with Crippen molar-refractivity contribution in [2.45, 2.75) is 19.0 Å². The summed E-state index contributed by atoms with van der Waals surface area (Å²) in [6.45, 7) is 3.88. The van der Waals surface area contributed by atoms with Crippen LogP contribution in [0.1, 0.15) is 11.1 Å². The Labute approximate surface area is 241 Å². The monoisotopic (exact) mass is 589 g/mol. The van der Waals surface area contributed by atoms with Crippen molar-refractivity contribution in [1.29, 1.82) is 0 Å². The molecule has 3 aromatic carbocycles. The fourth-order valence-electron chi connectivity index (χ4n) is 3.14. The molecular weight excluding hydrogens is 565 g/mol. The second kappa shape index (κ2) is 13.7. The molecule has 2 amide bonds. The van der Waals surface area contributed by atoms with E-state index >= 15 is 0 Å². The standard InChI is InChI=1S/C24H19Cl3N4OS.C3H7NO/c1-14-3-10-21(20(27)11-14)28-22(32)13-33-24-30-29-23(16-5-7-17(25)8-6-16)31(24)18-9-4-15(2)19(26)12-18;1-4(2)3-5/h3-12H,13H2,1-2H3,(H,28,32);3H,1-2H3. The third kappa shape index (κ3) is 7.98. The van der Waals surface area contributed by atoms with Crippen LogP contribution in [0.5, 0.6) is 0 Å². The Morgan fingerprint density at radius 2 is 1.66 bits per heavy atom. The van der Waals surface area contributed by atoms with Crippen molar-refractivity contribution < 1.29 is 9.59 Å². The van der Waals surface area contributed by atoms with Gasteiger partial charge in [-0.15, -0.1) is 10.2 Å². The minimum absolute atomic E-state index is 0.128. The molecule has 0 saturated carbocycles. The number of aryl methyl sites for hydroxylation is 2. The normalized spacial score (nSPS) is 10.4. The number of carbonyl (C=O) groups is 2. The number of aromatic nitrogens is 3. The van der Waals surface area contributed by atoms with Gasteiger partial charge in [0.25, 0.3) is 0 Å². The molecule has 0 bridgehead atoms. The smallest absolute Gasteiger partial charge is 0.234 e. The summed E-state index contributed by atoms with van der Waals surface area (Å²) in [4.78, 5) is 23.5. The predicted octanol–water partition coefficient (Wildman–Crippen LogP) is 6.95. The predicted molar refractivity (Wildman–Crippen MR) is 157 cm³/mol. The van der Waals surface area contributed by atoms with Gasteiger partial charge in [-0.1, -0.05) is 58.7 Å². The molecule has 0 aliphatic carbocycles. The van der Waals surface area contributed by atoms with E-state index < -0.39 is 0 Å². The highest BCUT2D eigenvalue weighted by Crippen LogP contribution is 2.31. The Morgan fingerprint density at radius 3 is 2.26 bits per heavy atom. The van der Waals surface area contributed by atoms with E-state index in [2.05, 4.69) is 15.5 Å². The van der Waals surface area contributed by atoms with Crippen molar-refractivity contribution in [3.63, 3.8) is 0 Å². The third-order valence-electron chi connectivity index (χ3n) is 5.09. The summed E-state index contributed by atoms with van der Waals surface area (Å²) in [5.41, 5.74) is 4.19. The number of nitrogens with zero attached hydrogens (tertiary/aromatic N) is 4. The van der Waals surface area contributed by atoms with Crippen LogP contribution in [-0.2, 0) is 9.59 Å². The van der Waals surface area contributed by atoms with Crippen molar-refractivity contribution in [1.82, 2.24) is 19.7 Å². The number of anilines is 1. The highest BCUT2D eigenvalue weighted by Gasteiger charge is 2.18. The SMILES string of the molecule is CN(C)C=O.Cc1ccc(NC(=O)CSc2nnc(-c3ccc(Cl)cc3)n2-c2ccc(C)c(Cl)c2)c(Cl)c1. The molecule has 0 radical (unpaired) electrons. The molecule has 11 heteroatoms. The molecule has 4 rings (SSSR count). The maximum Gasteiger partial charge on any atom is 0.234 e. The van der Waals surface area contributed by atoms with Crippen LogP contribution in [0.3, 0.4) is 0 Å². The first-order valence-corrected chi connectivity index (χ1v) is 13.5. The van der Waals surface area contributed by atoms with Crippen LogP contribution in [0.4, 0.5) is 5.69 Å². The number of amides is 2. The largest absolute Gasteiger partial charge is 0.351 e. The summed E-state index contributed by atoms with van der Waals surface area (Å²) >= 11 is 20.0. The van der Waals surface area contributed by atoms with E-state index in [9.17, 15) is 9.59 Å². The molecular formula is C27H26Cl3N5O2S. The van der Waals surface area contributed by atoms with Crippen LogP contribution < -0.4 is 5.32 Å². The lowest BCUT2D eigenvalue weighted by atomic mass is 10.2. The molecule has 38 heavy (non-hydrogen) atoms. The first-order valence-electron chi connectivity index (χ1n) is 11.4.